The molecule has 4 heteroatoms. The summed E-state index contributed by atoms with van der Waals surface area (Å²) in [5.74, 6) is 1.17. The number of aromatic nitrogens is 1. The van der Waals surface area contributed by atoms with Crippen LogP contribution in [0.25, 0.3) is 0 Å². The van der Waals surface area contributed by atoms with Gasteiger partial charge in [0.15, 0.2) is 0 Å². The van der Waals surface area contributed by atoms with Gasteiger partial charge in [-0.2, -0.15) is 0 Å². The van der Waals surface area contributed by atoms with Gasteiger partial charge in [0.1, 0.15) is 0 Å². The molecular formula is C20H25ClN2S. The smallest absolute Gasteiger partial charge is 0.0406 e. The summed E-state index contributed by atoms with van der Waals surface area (Å²) < 4.78 is 0. The van der Waals surface area contributed by atoms with Crippen LogP contribution in [0.2, 0.25) is 5.02 Å². The molecule has 1 aromatic carbocycles. The highest BCUT2D eigenvalue weighted by atomic mass is 35.5. The second kappa shape index (κ2) is 9.45. The van der Waals surface area contributed by atoms with Crippen molar-refractivity contribution in [2.75, 3.05) is 18.8 Å². The summed E-state index contributed by atoms with van der Waals surface area (Å²) in [4.78, 5) is 8.28. The number of hydrogen-bond acceptors (Lipinski definition) is 3. The molecule has 1 aromatic heterocycles. The Hall–Kier alpha value is -1.03. The van der Waals surface area contributed by atoms with Crippen LogP contribution in [0.3, 0.4) is 0 Å². The molecule has 1 saturated heterocycles. The summed E-state index contributed by atoms with van der Waals surface area (Å²) in [5, 5.41) is 0.811. The summed E-state index contributed by atoms with van der Waals surface area (Å²) in [5.41, 5.74) is 1.38. The number of piperidine rings is 1. The molecule has 0 bridgehead atoms. The van der Waals surface area contributed by atoms with Crippen molar-refractivity contribution in [1.29, 1.82) is 0 Å². The minimum absolute atomic E-state index is 0.566. The molecule has 1 aliphatic rings. The van der Waals surface area contributed by atoms with Gasteiger partial charge in [0.25, 0.3) is 0 Å². The summed E-state index contributed by atoms with van der Waals surface area (Å²) in [6, 6.07) is 13.0. The average molecular weight is 361 g/mol. The normalized spacial score (nSPS) is 18.6. The van der Waals surface area contributed by atoms with E-state index >= 15 is 0 Å². The van der Waals surface area contributed by atoms with Gasteiger partial charge in [-0.3, -0.25) is 9.88 Å². The largest absolute Gasteiger partial charge is 0.296 e. The van der Waals surface area contributed by atoms with Crippen molar-refractivity contribution in [3.8, 4) is 0 Å². The van der Waals surface area contributed by atoms with Crippen LogP contribution in [-0.2, 0) is 0 Å². The van der Waals surface area contributed by atoms with Crippen LogP contribution in [-0.4, -0.2) is 28.7 Å². The summed E-state index contributed by atoms with van der Waals surface area (Å²) >= 11 is 7.85. The lowest BCUT2D eigenvalue weighted by Crippen LogP contribution is -2.34. The number of halogens is 1. The van der Waals surface area contributed by atoms with Gasteiger partial charge in [-0.05, 0) is 80.4 Å². The van der Waals surface area contributed by atoms with E-state index in [9.17, 15) is 0 Å². The highest BCUT2D eigenvalue weighted by Crippen LogP contribution is 2.30. The summed E-state index contributed by atoms with van der Waals surface area (Å²) in [6.07, 6.45) is 10.4. The van der Waals surface area contributed by atoms with E-state index in [2.05, 4.69) is 34.1 Å². The fraction of sp³-hybridized carbons (Fsp3) is 0.450. The second-order valence-electron chi connectivity index (χ2n) is 6.34. The van der Waals surface area contributed by atoms with Crippen molar-refractivity contribution >= 4 is 23.4 Å². The van der Waals surface area contributed by atoms with Crippen LogP contribution >= 0.6 is 23.4 Å². The first-order valence-electron chi connectivity index (χ1n) is 8.85. The maximum Gasteiger partial charge on any atom is 0.0406 e. The SMILES string of the molecule is Clc1ccc(SCCCCN2CCCCC2c2cccnc2)cc1. The number of rotatable bonds is 7. The fourth-order valence-electron chi connectivity index (χ4n) is 3.35. The quantitative estimate of drug-likeness (QED) is 0.456. The van der Waals surface area contributed by atoms with Crippen molar-refractivity contribution in [1.82, 2.24) is 9.88 Å². The minimum atomic E-state index is 0.566. The molecule has 1 aliphatic heterocycles. The highest BCUT2D eigenvalue weighted by Gasteiger charge is 2.23. The van der Waals surface area contributed by atoms with Gasteiger partial charge in [-0.15, -0.1) is 11.8 Å². The third kappa shape index (κ3) is 5.23. The van der Waals surface area contributed by atoms with E-state index in [1.54, 1.807) is 0 Å². The third-order valence-electron chi connectivity index (χ3n) is 4.60. The Bertz CT molecular complexity index is 603. The van der Waals surface area contributed by atoms with Gasteiger partial charge in [-0.25, -0.2) is 0 Å². The number of hydrogen-bond donors (Lipinski definition) is 0. The molecule has 24 heavy (non-hydrogen) atoms. The van der Waals surface area contributed by atoms with Crippen molar-refractivity contribution in [3.05, 3.63) is 59.4 Å². The number of unbranched alkanes of at least 4 members (excludes halogenated alkanes) is 1. The van der Waals surface area contributed by atoms with E-state index in [1.807, 2.05) is 36.3 Å². The molecule has 0 saturated carbocycles. The molecule has 1 unspecified atom stereocenters. The Balaban J connectivity index is 1.42. The van der Waals surface area contributed by atoms with Crippen LogP contribution in [0.1, 0.15) is 43.7 Å². The molecule has 2 nitrogen and oxygen atoms in total. The average Bonchev–Trinajstić information content (AvgIpc) is 2.64. The molecule has 2 aromatic rings. The third-order valence-corrected chi connectivity index (χ3v) is 5.96. The van der Waals surface area contributed by atoms with Gasteiger partial charge in [0.05, 0.1) is 0 Å². The van der Waals surface area contributed by atoms with E-state index in [4.69, 9.17) is 11.6 Å². The van der Waals surface area contributed by atoms with Crippen LogP contribution in [0.4, 0.5) is 0 Å². The maximum atomic E-state index is 5.93. The van der Waals surface area contributed by atoms with Crippen molar-refractivity contribution in [3.63, 3.8) is 0 Å². The van der Waals surface area contributed by atoms with Crippen molar-refractivity contribution in [2.45, 2.75) is 43.0 Å². The molecule has 1 atom stereocenters. The molecule has 0 spiro atoms. The molecule has 0 radical (unpaired) electrons. The molecule has 128 valence electrons. The highest BCUT2D eigenvalue weighted by molar-refractivity contribution is 7.99. The fourth-order valence-corrected chi connectivity index (χ4v) is 4.39. The van der Waals surface area contributed by atoms with Crippen molar-refractivity contribution < 1.29 is 0 Å². The van der Waals surface area contributed by atoms with Gasteiger partial charge in [0.2, 0.25) is 0 Å². The van der Waals surface area contributed by atoms with Gasteiger partial charge in [-0.1, -0.05) is 24.1 Å². The predicted molar refractivity (Wildman–Crippen MR) is 104 cm³/mol. The lowest BCUT2D eigenvalue weighted by atomic mass is 9.96. The van der Waals surface area contributed by atoms with Crippen molar-refractivity contribution in [2.24, 2.45) is 0 Å². The number of pyridine rings is 1. The second-order valence-corrected chi connectivity index (χ2v) is 7.95. The summed E-state index contributed by atoms with van der Waals surface area (Å²) in [7, 11) is 0. The Kier molecular flexibility index (Phi) is 7.00. The molecule has 0 N–H and O–H groups in total. The number of nitrogens with zero attached hydrogens (tertiary/aromatic N) is 2. The topological polar surface area (TPSA) is 16.1 Å². The first kappa shape index (κ1) is 17.8. The Labute approximate surface area is 154 Å². The number of benzene rings is 1. The standard InChI is InChI=1S/C20H25ClN2S/c21-18-8-10-19(11-9-18)24-15-4-3-14-23-13-2-1-7-20(23)17-6-5-12-22-16-17/h5-6,8-12,16,20H,1-4,7,13-15H2. The molecule has 1 fully saturated rings. The molecule has 0 amide bonds. The van der Waals surface area contributed by atoms with Crippen LogP contribution in [0.15, 0.2) is 53.7 Å². The van der Waals surface area contributed by atoms with E-state index in [0.717, 1.165) is 5.02 Å². The monoisotopic (exact) mass is 360 g/mol. The maximum absolute atomic E-state index is 5.93. The van der Waals surface area contributed by atoms with E-state index in [1.165, 1.54) is 61.4 Å². The predicted octanol–water partition coefficient (Wildman–Crippen LogP) is 5.83. The molecular weight excluding hydrogens is 336 g/mol. The van der Waals surface area contributed by atoms with E-state index in [0.29, 0.717) is 6.04 Å². The van der Waals surface area contributed by atoms with E-state index in [-0.39, 0.29) is 0 Å². The minimum Gasteiger partial charge on any atom is -0.296 e. The van der Waals surface area contributed by atoms with Crippen LogP contribution in [0.5, 0.6) is 0 Å². The van der Waals surface area contributed by atoms with Gasteiger partial charge >= 0.3 is 0 Å². The van der Waals surface area contributed by atoms with Gasteiger partial charge < -0.3 is 0 Å². The Morgan fingerprint density at radius 3 is 2.79 bits per heavy atom. The molecule has 0 aliphatic carbocycles. The van der Waals surface area contributed by atoms with E-state index < -0.39 is 0 Å². The number of thioether (sulfide) groups is 1. The lowest BCUT2D eigenvalue weighted by molar-refractivity contribution is 0.146. The Morgan fingerprint density at radius 2 is 2.00 bits per heavy atom. The van der Waals surface area contributed by atoms with Crippen LogP contribution < -0.4 is 0 Å². The summed E-state index contributed by atoms with van der Waals surface area (Å²) in [6.45, 7) is 2.42. The Morgan fingerprint density at radius 1 is 1.12 bits per heavy atom. The first-order valence-corrected chi connectivity index (χ1v) is 10.2. The molecule has 2 heterocycles. The van der Waals surface area contributed by atoms with Gasteiger partial charge in [0, 0.05) is 28.4 Å². The zero-order valence-electron chi connectivity index (χ0n) is 14.0. The lowest BCUT2D eigenvalue weighted by Gasteiger charge is -2.35. The molecule has 3 rings (SSSR count). The zero-order valence-corrected chi connectivity index (χ0v) is 15.6. The zero-order chi connectivity index (χ0) is 16.6. The van der Waals surface area contributed by atoms with Crippen LogP contribution in [0, 0.1) is 0 Å². The number of likely N-dealkylation sites (tertiary alicyclic amines) is 1. The first-order chi connectivity index (χ1) is 11.8.